The van der Waals surface area contributed by atoms with E-state index in [9.17, 15) is 4.79 Å². The van der Waals surface area contributed by atoms with Crippen LogP contribution in [-0.4, -0.2) is 28.8 Å². The third-order valence-corrected chi connectivity index (χ3v) is 4.01. The highest BCUT2D eigenvalue weighted by atomic mass is 79.9. The number of aromatic nitrogens is 2. The van der Waals surface area contributed by atoms with E-state index in [0.29, 0.717) is 21.8 Å². The molecule has 0 bridgehead atoms. The molecule has 0 saturated carbocycles. The summed E-state index contributed by atoms with van der Waals surface area (Å²) in [5.41, 5.74) is 0. The van der Waals surface area contributed by atoms with Crippen molar-refractivity contribution in [3.63, 3.8) is 0 Å². The van der Waals surface area contributed by atoms with Crippen LogP contribution in [0.5, 0.6) is 0 Å². The molecule has 4 nitrogen and oxygen atoms in total. The van der Waals surface area contributed by atoms with Crippen molar-refractivity contribution in [1.29, 1.82) is 0 Å². The second-order valence-electron chi connectivity index (χ2n) is 2.46. The third-order valence-electron chi connectivity index (χ3n) is 1.49. The second-order valence-corrected chi connectivity index (χ2v) is 4.69. The molecule has 0 aliphatic carbocycles. The Morgan fingerprint density at radius 2 is 2.40 bits per heavy atom. The zero-order valence-corrected chi connectivity index (χ0v) is 11.0. The molecule has 7 heteroatoms. The number of hydrogen-bond donors (Lipinski definition) is 0. The first-order valence-corrected chi connectivity index (χ1v) is 6.16. The first-order chi connectivity index (χ1) is 7.15. The van der Waals surface area contributed by atoms with Gasteiger partial charge in [0.1, 0.15) is 16.5 Å². The van der Waals surface area contributed by atoms with E-state index in [-0.39, 0.29) is 5.97 Å². The van der Waals surface area contributed by atoms with Crippen LogP contribution in [0.1, 0.15) is 6.42 Å². The van der Waals surface area contributed by atoms with Gasteiger partial charge in [-0.25, -0.2) is 9.97 Å². The SMILES string of the molecule is COC(=O)CCSc1ncnc(Cl)c1Br. The van der Waals surface area contributed by atoms with Crippen molar-refractivity contribution in [3.8, 4) is 0 Å². The van der Waals surface area contributed by atoms with Crippen LogP contribution in [0.4, 0.5) is 0 Å². The summed E-state index contributed by atoms with van der Waals surface area (Å²) in [7, 11) is 1.37. The first kappa shape index (κ1) is 12.7. The maximum Gasteiger partial charge on any atom is 0.306 e. The molecule has 0 spiro atoms. The van der Waals surface area contributed by atoms with Crippen molar-refractivity contribution >= 4 is 45.3 Å². The first-order valence-electron chi connectivity index (χ1n) is 4.00. The van der Waals surface area contributed by atoms with Crippen LogP contribution in [0.3, 0.4) is 0 Å². The molecule has 1 aromatic heterocycles. The van der Waals surface area contributed by atoms with Crippen molar-refractivity contribution in [3.05, 3.63) is 16.0 Å². The number of halogens is 2. The van der Waals surface area contributed by atoms with Crippen molar-refractivity contribution in [2.75, 3.05) is 12.9 Å². The van der Waals surface area contributed by atoms with Gasteiger partial charge in [-0.1, -0.05) is 11.6 Å². The summed E-state index contributed by atoms with van der Waals surface area (Å²) in [6, 6.07) is 0. The molecule has 0 aliphatic rings. The lowest BCUT2D eigenvalue weighted by Gasteiger charge is -2.02. The summed E-state index contributed by atoms with van der Waals surface area (Å²) in [5.74, 6) is 0.359. The Hall–Kier alpha value is -0.330. The molecule has 0 amide bonds. The van der Waals surface area contributed by atoms with Gasteiger partial charge >= 0.3 is 5.97 Å². The molecule has 82 valence electrons. The predicted molar refractivity (Wildman–Crippen MR) is 62.1 cm³/mol. The molecule has 0 atom stereocenters. The molecule has 1 aromatic rings. The Bertz CT molecular complexity index is 364. The van der Waals surface area contributed by atoms with Gasteiger partial charge in [0, 0.05) is 5.75 Å². The van der Waals surface area contributed by atoms with Gasteiger partial charge < -0.3 is 4.74 Å². The van der Waals surface area contributed by atoms with E-state index in [2.05, 4.69) is 30.6 Å². The fourth-order valence-electron chi connectivity index (χ4n) is 0.767. The van der Waals surface area contributed by atoms with Gasteiger partial charge in [-0.05, 0) is 15.9 Å². The number of methoxy groups -OCH3 is 1. The van der Waals surface area contributed by atoms with Gasteiger partial charge in [0.25, 0.3) is 0 Å². The quantitative estimate of drug-likeness (QED) is 0.486. The van der Waals surface area contributed by atoms with Gasteiger partial charge in [0.2, 0.25) is 0 Å². The Balaban J connectivity index is 2.51. The second kappa shape index (κ2) is 6.30. The normalized spacial score (nSPS) is 10.1. The lowest BCUT2D eigenvalue weighted by Crippen LogP contribution is -2.01. The summed E-state index contributed by atoms with van der Waals surface area (Å²) in [6.07, 6.45) is 1.72. The number of thioether (sulfide) groups is 1. The molecule has 0 unspecified atom stereocenters. The number of rotatable bonds is 4. The van der Waals surface area contributed by atoms with Gasteiger partial charge in [-0.2, -0.15) is 0 Å². The van der Waals surface area contributed by atoms with E-state index in [4.69, 9.17) is 11.6 Å². The van der Waals surface area contributed by atoms with E-state index >= 15 is 0 Å². The fraction of sp³-hybridized carbons (Fsp3) is 0.375. The minimum atomic E-state index is -0.237. The van der Waals surface area contributed by atoms with Crippen molar-refractivity contribution in [2.24, 2.45) is 0 Å². The number of esters is 1. The van der Waals surface area contributed by atoms with Gasteiger partial charge in [-0.3, -0.25) is 4.79 Å². The third kappa shape index (κ3) is 3.96. The highest BCUT2D eigenvalue weighted by molar-refractivity contribution is 9.10. The predicted octanol–water partition coefficient (Wildman–Crippen LogP) is 2.55. The smallest absolute Gasteiger partial charge is 0.306 e. The van der Waals surface area contributed by atoms with Crippen molar-refractivity contribution in [1.82, 2.24) is 9.97 Å². The molecule has 1 heterocycles. The van der Waals surface area contributed by atoms with Crippen LogP contribution in [0.2, 0.25) is 5.15 Å². The maximum absolute atomic E-state index is 10.8. The van der Waals surface area contributed by atoms with E-state index in [1.54, 1.807) is 0 Å². The molecule has 0 aromatic carbocycles. The minimum Gasteiger partial charge on any atom is -0.469 e. The lowest BCUT2D eigenvalue weighted by molar-refractivity contribution is -0.140. The zero-order valence-electron chi connectivity index (χ0n) is 7.87. The molecule has 15 heavy (non-hydrogen) atoms. The van der Waals surface area contributed by atoms with Crippen LogP contribution in [0, 0.1) is 0 Å². The number of ether oxygens (including phenoxy) is 1. The van der Waals surface area contributed by atoms with Crippen LogP contribution in [0.25, 0.3) is 0 Å². The molecular formula is C8H8BrClN2O2S. The Morgan fingerprint density at radius 3 is 3.07 bits per heavy atom. The molecule has 0 radical (unpaired) electrons. The number of hydrogen-bond acceptors (Lipinski definition) is 5. The van der Waals surface area contributed by atoms with E-state index in [1.807, 2.05) is 0 Å². The van der Waals surface area contributed by atoms with Crippen molar-refractivity contribution in [2.45, 2.75) is 11.4 Å². The number of carbonyl (C=O) groups excluding carboxylic acids is 1. The van der Waals surface area contributed by atoms with E-state index < -0.39 is 0 Å². The monoisotopic (exact) mass is 310 g/mol. The minimum absolute atomic E-state index is 0.237. The molecular weight excluding hydrogens is 304 g/mol. The molecule has 0 aliphatic heterocycles. The largest absolute Gasteiger partial charge is 0.469 e. The zero-order chi connectivity index (χ0) is 11.3. The number of nitrogens with zero attached hydrogens (tertiary/aromatic N) is 2. The summed E-state index contributed by atoms with van der Waals surface area (Å²) >= 11 is 10.5. The van der Waals surface area contributed by atoms with Crippen molar-refractivity contribution < 1.29 is 9.53 Å². The summed E-state index contributed by atoms with van der Waals surface area (Å²) in [5, 5.41) is 1.09. The molecule has 0 N–H and O–H groups in total. The summed E-state index contributed by atoms with van der Waals surface area (Å²) in [4.78, 5) is 18.7. The Kier molecular flexibility index (Phi) is 5.35. The standard InChI is InChI=1S/C8H8BrClN2O2S/c1-14-5(13)2-3-15-8-6(9)7(10)11-4-12-8/h4H,2-3H2,1H3. The number of carbonyl (C=O) groups is 1. The average Bonchev–Trinajstić information content (AvgIpc) is 2.24. The van der Waals surface area contributed by atoms with Gasteiger partial charge in [-0.15, -0.1) is 11.8 Å². The fourth-order valence-corrected chi connectivity index (χ4v) is 2.31. The Labute approximate surface area is 105 Å². The lowest BCUT2D eigenvalue weighted by atomic mass is 10.5. The molecule has 1 rings (SSSR count). The van der Waals surface area contributed by atoms with Gasteiger partial charge in [0.05, 0.1) is 18.0 Å². The van der Waals surface area contributed by atoms with Gasteiger partial charge in [0.15, 0.2) is 0 Å². The van der Waals surface area contributed by atoms with Crippen LogP contribution in [0.15, 0.2) is 15.8 Å². The average molecular weight is 312 g/mol. The van der Waals surface area contributed by atoms with Crippen LogP contribution >= 0.6 is 39.3 Å². The Morgan fingerprint density at radius 1 is 1.67 bits per heavy atom. The van der Waals surface area contributed by atoms with E-state index in [1.165, 1.54) is 25.2 Å². The topological polar surface area (TPSA) is 52.1 Å². The molecule has 0 fully saturated rings. The van der Waals surface area contributed by atoms with Crippen LogP contribution < -0.4 is 0 Å². The summed E-state index contributed by atoms with van der Waals surface area (Å²) in [6.45, 7) is 0. The van der Waals surface area contributed by atoms with Crippen LogP contribution in [-0.2, 0) is 9.53 Å². The highest BCUT2D eigenvalue weighted by Gasteiger charge is 2.08. The molecule has 0 saturated heterocycles. The van der Waals surface area contributed by atoms with E-state index in [0.717, 1.165) is 5.03 Å². The summed E-state index contributed by atoms with van der Waals surface area (Å²) < 4.78 is 5.17. The maximum atomic E-state index is 10.8. The highest BCUT2D eigenvalue weighted by Crippen LogP contribution is 2.29.